The largest absolute Gasteiger partial charge is 0.350 e. The molecule has 0 aromatic heterocycles. The van der Waals surface area contributed by atoms with Crippen LogP contribution in [0.1, 0.15) is 31.9 Å². The first-order valence-electron chi connectivity index (χ1n) is 12.5. The van der Waals surface area contributed by atoms with Crippen molar-refractivity contribution in [2.24, 2.45) is 0 Å². The van der Waals surface area contributed by atoms with Crippen LogP contribution in [0.3, 0.4) is 0 Å². The SMILES string of the molecule is CC(C)(C)NC(=O)C(Cc1ccccc1)N(Cc1c(Cl)cccc1Cl)C(=O)CN(c1ccc(Cl)cc1)S(C)(=O)=O. The molecule has 1 N–H and O–H groups in total. The maximum atomic E-state index is 14.1. The van der Waals surface area contributed by atoms with Crippen molar-refractivity contribution in [2.45, 2.75) is 45.3 Å². The van der Waals surface area contributed by atoms with Gasteiger partial charge in [-0.15, -0.1) is 0 Å². The lowest BCUT2D eigenvalue weighted by Crippen LogP contribution is -2.56. The van der Waals surface area contributed by atoms with Gasteiger partial charge in [0.2, 0.25) is 21.8 Å². The molecule has 0 fully saturated rings. The number of amides is 2. The lowest BCUT2D eigenvalue weighted by molar-refractivity contribution is -0.140. The van der Waals surface area contributed by atoms with Crippen LogP contribution in [0.25, 0.3) is 0 Å². The molecule has 0 heterocycles. The standard InChI is InChI=1S/C29H32Cl3N3O4S/c1-29(2,3)33-28(37)26(17-20-9-6-5-7-10-20)34(18-23-24(31)11-8-12-25(23)32)27(36)19-35(40(4,38)39)22-15-13-21(30)14-16-22/h5-16,26H,17-19H2,1-4H3,(H,33,37). The minimum Gasteiger partial charge on any atom is -0.350 e. The van der Waals surface area contributed by atoms with Gasteiger partial charge in [-0.05, 0) is 62.7 Å². The van der Waals surface area contributed by atoms with Crippen molar-refractivity contribution in [2.75, 3.05) is 17.1 Å². The third kappa shape index (κ3) is 8.86. The van der Waals surface area contributed by atoms with Gasteiger partial charge in [-0.1, -0.05) is 71.2 Å². The van der Waals surface area contributed by atoms with Crippen LogP contribution in [0.15, 0.2) is 72.8 Å². The Morgan fingerprint density at radius 3 is 1.98 bits per heavy atom. The monoisotopic (exact) mass is 623 g/mol. The summed E-state index contributed by atoms with van der Waals surface area (Å²) in [5, 5.41) is 4.02. The molecule has 0 spiro atoms. The smallest absolute Gasteiger partial charge is 0.244 e. The van der Waals surface area contributed by atoms with Gasteiger partial charge in [-0.25, -0.2) is 8.42 Å². The van der Waals surface area contributed by atoms with Crippen molar-refractivity contribution in [1.29, 1.82) is 0 Å². The highest BCUT2D eigenvalue weighted by Gasteiger charge is 2.35. The van der Waals surface area contributed by atoms with Crippen LogP contribution < -0.4 is 9.62 Å². The second-order valence-electron chi connectivity index (χ2n) is 10.4. The Kier molecular flexibility index (Phi) is 10.5. The number of nitrogens with one attached hydrogen (secondary N) is 1. The molecular formula is C29H32Cl3N3O4S. The molecule has 0 aliphatic carbocycles. The number of carbonyl (C=O) groups is 2. The van der Waals surface area contributed by atoms with E-state index >= 15 is 0 Å². The van der Waals surface area contributed by atoms with Gasteiger partial charge in [0.25, 0.3) is 0 Å². The summed E-state index contributed by atoms with van der Waals surface area (Å²) in [6.45, 7) is 4.84. The van der Waals surface area contributed by atoms with E-state index in [1.165, 1.54) is 29.2 Å². The average molecular weight is 625 g/mol. The maximum Gasteiger partial charge on any atom is 0.244 e. The second kappa shape index (κ2) is 13.3. The summed E-state index contributed by atoms with van der Waals surface area (Å²) < 4.78 is 26.6. The summed E-state index contributed by atoms with van der Waals surface area (Å²) >= 11 is 19.0. The van der Waals surface area contributed by atoms with E-state index in [4.69, 9.17) is 34.8 Å². The Hall–Kier alpha value is -2.78. The van der Waals surface area contributed by atoms with E-state index in [2.05, 4.69) is 5.32 Å². The van der Waals surface area contributed by atoms with E-state index in [-0.39, 0.29) is 18.7 Å². The van der Waals surface area contributed by atoms with E-state index in [1.54, 1.807) is 18.2 Å². The van der Waals surface area contributed by atoms with E-state index in [0.717, 1.165) is 16.1 Å². The van der Waals surface area contributed by atoms with Crippen molar-refractivity contribution in [3.05, 3.63) is 99.0 Å². The number of halogens is 3. The molecule has 0 saturated carbocycles. The fourth-order valence-corrected chi connectivity index (χ4v) is 5.57. The molecule has 11 heteroatoms. The van der Waals surface area contributed by atoms with Gasteiger partial charge < -0.3 is 10.2 Å². The van der Waals surface area contributed by atoms with Crippen molar-refractivity contribution in [3.8, 4) is 0 Å². The van der Waals surface area contributed by atoms with Crippen LogP contribution in [-0.4, -0.2) is 49.5 Å². The van der Waals surface area contributed by atoms with Crippen molar-refractivity contribution >= 4 is 62.3 Å². The lowest BCUT2D eigenvalue weighted by Gasteiger charge is -2.35. The number of nitrogens with zero attached hydrogens (tertiary/aromatic N) is 2. The summed E-state index contributed by atoms with van der Waals surface area (Å²) in [5.74, 6) is -1.01. The fourth-order valence-electron chi connectivity index (χ4n) is 4.08. The molecule has 0 aliphatic rings. The highest BCUT2D eigenvalue weighted by Crippen LogP contribution is 2.28. The minimum absolute atomic E-state index is 0.120. The molecule has 3 aromatic carbocycles. The van der Waals surface area contributed by atoms with Crippen molar-refractivity contribution in [1.82, 2.24) is 10.2 Å². The van der Waals surface area contributed by atoms with Crippen molar-refractivity contribution < 1.29 is 18.0 Å². The number of sulfonamides is 1. The predicted octanol–water partition coefficient (Wildman–Crippen LogP) is 5.97. The van der Waals surface area contributed by atoms with Gasteiger partial charge in [0.05, 0.1) is 11.9 Å². The first-order chi connectivity index (χ1) is 18.7. The average Bonchev–Trinajstić information content (AvgIpc) is 2.85. The van der Waals surface area contributed by atoms with E-state index < -0.39 is 40.0 Å². The second-order valence-corrected chi connectivity index (χ2v) is 13.6. The Balaban J connectivity index is 2.11. The highest BCUT2D eigenvalue weighted by atomic mass is 35.5. The third-order valence-electron chi connectivity index (χ3n) is 5.95. The van der Waals surface area contributed by atoms with Gasteiger partial charge in [0.15, 0.2) is 0 Å². The molecule has 40 heavy (non-hydrogen) atoms. The molecule has 7 nitrogen and oxygen atoms in total. The van der Waals surface area contributed by atoms with Crippen LogP contribution in [0.5, 0.6) is 0 Å². The predicted molar refractivity (Wildman–Crippen MR) is 162 cm³/mol. The quantitative estimate of drug-likeness (QED) is 0.301. The van der Waals surface area contributed by atoms with Gasteiger partial charge in [-0.2, -0.15) is 0 Å². The van der Waals surface area contributed by atoms with Gasteiger partial charge in [0.1, 0.15) is 12.6 Å². The number of rotatable bonds is 10. The van der Waals surface area contributed by atoms with Gasteiger partial charge >= 0.3 is 0 Å². The Labute approximate surface area is 251 Å². The molecular weight excluding hydrogens is 593 g/mol. The molecule has 1 unspecified atom stereocenters. The first-order valence-corrected chi connectivity index (χ1v) is 15.5. The Bertz CT molecular complexity index is 1420. The summed E-state index contributed by atoms with van der Waals surface area (Å²) in [4.78, 5) is 29.2. The lowest BCUT2D eigenvalue weighted by atomic mass is 10.0. The number of hydrogen-bond donors (Lipinski definition) is 1. The summed E-state index contributed by atoms with van der Waals surface area (Å²) in [6.07, 6.45) is 1.19. The minimum atomic E-state index is -3.89. The first kappa shape index (κ1) is 31.7. The molecule has 2 amide bonds. The number of carbonyl (C=O) groups excluding carboxylic acids is 2. The van der Waals surface area contributed by atoms with Crippen molar-refractivity contribution in [3.63, 3.8) is 0 Å². The molecule has 1 atom stereocenters. The van der Waals surface area contributed by atoms with Crippen LogP contribution in [0, 0.1) is 0 Å². The summed E-state index contributed by atoms with van der Waals surface area (Å²) in [7, 11) is -3.89. The zero-order valence-electron chi connectivity index (χ0n) is 22.7. The summed E-state index contributed by atoms with van der Waals surface area (Å²) in [5.41, 5.74) is 0.926. The fraction of sp³-hybridized carbons (Fsp3) is 0.310. The molecule has 0 saturated heterocycles. The zero-order valence-corrected chi connectivity index (χ0v) is 25.8. The van der Waals surface area contributed by atoms with Crippen LogP contribution in [0.2, 0.25) is 15.1 Å². The van der Waals surface area contributed by atoms with Crippen LogP contribution in [0.4, 0.5) is 5.69 Å². The zero-order chi connectivity index (χ0) is 29.7. The molecule has 3 rings (SSSR count). The number of hydrogen-bond acceptors (Lipinski definition) is 4. The van der Waals surface area contributed by atoms with Crippen LogP contribution >= 0.6 is 34.8 Å². The van der Waals surface area contributed by atoms with E-state index in [0.29, 0.717) is 20.6 Å². The molecule has 0 radical (unpaired) electrons. The third-order valence-corrected chi connectivity index (χ3v) is 8.05. The highest BCUT2D eigenvalue weighted by molar-refractivity contribution is 7.92. The maximum absolute atomic E-state index is 14.1. The Morgan fingerprint density at radius 2 is 1.45 bits per heavy atom. The normalized spacial score (nSPS) is 12.5. The Morgan fingerprint density at radius 1 is 0.875 bits per heavy atom. The van der Waals surface area contributed by atoms with E-state index in [9.17, 15) is 18.0 Å². The van der Waals surface area contributed by atoms with Gasteiger partial charge in [-0.3, -0.25) is 13.9 Å². The molecule has 214 valence electrons. The van der Waals surface area contributed by atoms with E-state index in [1.807, 2.05) is 51.1 Å². The molecule has 0 bridgehead atoms. The van der Waals surface area contributed by atoms with Crippen LogP contribution in [-0.2, 0) is 32.6 Å². The molecule has 3 aromatic rings. The molecule has 0 aliphatic heterocycles. The number of benzene rings is 3. The topological polar surface area (TPSA) is 86.8 Å². The number of anilines is 1. The van der Waals surface area contributed by atoms with Gasteiger partial charge in [0, 0.05) is 39.1 Å². The summed E-state index contributed by atoms with van der Waals surface area (Å²) in [6, 6.07) is 19.3.